The van der Waals surface area contributed by atoms with E-state index in [9.17, 15) is 0 Å². The van der Waals surface area contributed by atoms with Crippen LogP contribution in [-0.4, -0.2) is 0 Å². The molecule has 2 aliphatic rings. The van der Waals surface area contributed by atoms with Crippen LogP contribution in [0.1, 0.15) is 54.0 Å². The molecular weight excluding hydrogens is 593 g/mol. The van der Waals surface area contributed by atoms with E-state index in [4.69, 9.17) is 4.42 Å². The molecule has 2 aliphatic carbocycles. The SMILES string of the molecule is CC1(C)c2ccc(C3CCc4ccc(-c5ccccc5)cc4-c4cc(-c5ccccc5)ccc43)cc2-c2ccc3c(oc4ccccc43)c21. The molecule has 0 saturated carbocycles. The molecule has 1 heterocycles. The Labute approximate surface area is 287 Å². The van der Waals surface area contributed by atoms with Gasteiger partial charge in [-0.15, -0.1) is 0 Å². The van der Waals surface area contributed by atoms with E-state index in [1.54, 1.807) is 0 Å². The third-order valence-corrected chi connectivity index (χ3v) is 11.3. The number of benzene rings is 7. The summed E-state index contributed by atoms with van der Waals surface area (Å²) in [6.07, 6.45) is 2.09. The van der Waals surface area contributed by atoms with Crippen molar-refractivity contribution in [2.45, 2.75) is 38.0 Å². The number of para-hydroxylation sites is 1. The van der Waals surface area contributed by atoms with Gasteiger partial charge in [-0.3, -0.25) is 0 Å². The van der Waals surface area contributed by atoms with Crippen LogP contribution >= 0.6 is 0 Å². The lowest BCUT2D eigenvalue weighted by atomic mass is 9.80. The van der Waals surface area contributed by atoms with Gasteiger partial charge in [-0.25, -0.2) is 0 Å². The Bertz CT molecular complexity index is 2570. The number of hydrogen-bond acceptors (Lipinski definition) is 1. The summed E-state index contributed by atoms with van der Waals surface area (Å²) in [5, 5.41) is 2.39. The van der Waals surface area contributed by atoms with E-state index in [2.05, 4.69) is 166 Å². The second kappa shape index (κ2) is 10.7. The van der Waals surface area contributed by atoms with E-state index in [1.807, 2.05) is 0 Å². The summed E-state index contributed by atoms with van der Waals surface area (Å²) in [5.74, 6) is 0.278. The summed E-state index contributed by atoms with van der Waals surface area (Å²) in [6, 6.07) is 56.2. The average molecular weight is 629 g/mol. The smallest absolute Gasteiger partial charge is 0.140 e. The zero-order valence-electron chi connectivity index (χ0n) is 27.8. The Morgan fingerprint density at radius 2 is 1.22 bits per heavy atom. The van der Waals surface area contributed by atoms with Gasteiger partial charge in [-0.1, -0.05) is 141 Å². The maximum atomic E-state index is 6.60. The minimum Gasteiger partial charge on any atom is -0.456 e. The molecular formula is C48H36O. The van der Waals surface area contributed by atoms with Crippen LogP contribution in [0.5, 0.6) is 0 Å². The monoisotopic (exact) mass is 628 g/mol. The highest BCUT2D eigenvalue weighted by molar-refractivity contribution is 6.09. The van der Waals surface area contributed by atoms with E-state index >= 15 is 0 Å². The summed E-state index contributed by atoms with van der Waals surface area (Å²) in [5.41, 5.74) is 19.1. The zero-order valence-corrected chi connectivity index (χ0v) is 27.8. The fourth-order valence-corrected chi connectivity index (χ4v) is 8.88. The highest BCUT2D eigenvalue weighted by atomic mass is 16.3. The molecule has 0 spiro atoms. The standard InChI is InChI=1S/C48H36O/c1-48(2)44-26-21-35(29-43(44)39-24-25-40-38-15-9-10-16-45(38)49-47(40)46(39)48)36-22-19-32-17-18-33(30-11-5-3-6-12-30)27-41(32)42-28-34(20-23-37(36)42)31-13-7-4-8-14-31/h3-18,20-21,23-29,36H,19,22H2,1-2H3. The molecule has 0 N–H and O–H groups in total. The molecule has 1 unspecified atom stereocenters. The van der Waals surface area contributed by atoms with E-state index in [0.29, 0.717) is 0 Å². The zero-order chi connectivity index (χ0) is 32.7. The van der Waals surface area contributed by atoms with Crippen molar-refractivity contribution in [2.75, 3.05) is 0 Å². The molecule has 1 aromatic heterocycles. The molecule has 0 fully saturated rings. The number of hydrogen-bond donors (Lipinski definition) is 0. The van der Waals surface area contributed by atoms with E-state index in [1.165, 1.54) is 83.1 Å². The number of fused-ring (bicyclic) bond motifs is 10. The van der Waals surface area contributed by atoms with Gasteiger partial charge in [-0.2, -0.15) is 0 Å². The van der Waals surface area contributed by atoms with Crippen molar-refractivity contribution < 1.29 is 4.42 Å². The lowest BCUT2D eigenvalue weighted by molar-refractivity contribution is 0.619. The van der Waals surface area contributed by atoms with Crippen molar-refractivity contribution in [3.63, 3.8) is 0 Å². The van der Waals surface area contributed by atoms with Crippen molar-refractivity contribution in [1.82, 2.24) is 0 Å². The van der Waals surface area contributed by atoms with Crippen molar-refractivity contribution >= 4 is 21.9 Å². The number of aryl methyl sites for hydroxylation is 1. The highest BCUT2D eigenvalue weighted by Crippen LogP contribution is 2.54. The largest absolute Gasteiger partial charge is 0.456 e. The van der Waals surface area contributed by atoms with Gasteiger partial charge >= 0.3 is 0 Å². The first kappa shape index (κ1) is 28.4. The van der Waals surface area contributed by atoms with Gasteiger partial charge in [0, 0.05) is 27.7 Å². The predicted molar refractivity (Wildman–Crippen MR) is 204 cm³/mol. The Balaban J connectivity index is 1.15. The summed E-state index contributed by atoms with van der Waals surface area (Å²) in [7, 11) is 0. The minimum absolute atomic E-state index is 0.160. The molecule has 7 aromatic carbocycles. The van der Waals surface area contributed by atoms with Gasteiger partial charge in [0.2, 0.25) is 0 Å². The molecule has 8 aromatic rings. The molecule has 0 aliphatic heterocycles. The maximum absolute atomic E-state index is 6.60. The van der Waals surface area contributed by atoms with Crippen LogP contribution in [0.2, 0.25) is 0 Å². The van der Waals surface area contributed by atoms with Gasteiger partial charge in [-0.05, 0) is 104 Å². The Morgan fingerprint density at radius 3 is 2.00 bits per heavy atom. The van der Waals surface area contributed by atoms with Gasteiger partial charge < -0.3 is 4.42 Å². The fourth-order valence-electron chi connectivity index (χ4n) is 8.88. The van der Waals surface area contributed by atoms with Crippen LogP contribution in [0.4, 0.5) is 0 Å². The Hall–Kier alpha value is -5.66. The summed E-state index contributed by atoms with van der Waals surface area (Å²) < 4.78 is 6.60. The molecule has 0 saturated heterocycles. The fraction of sp³-hybridized carbons (Fsp3) is 0.125. The molecule has 1 heteroatoms. The second-order valence-electron chi connectivity index (χ2n) is 14.4. The quantitative estimate of drug-likeness (QED) is 0.190. The lowest BCUT2D eigenvalue weighted by Crippen LogP contribution is -2.15. The normalized spacial score (nSPS) is 15.8. The minimum atomic E-state index is -0.160. The highest BCUT2D eigenvalue weighted by Gasteiger charge is 2.39. The number of rotatable bonds is 3. The van der Waals surface area contributed by atoms with Crippen molar-refractivity contribution in [3.8, 4) is 44.5 Å². The molecule has 234 valence electrons. The topological polar surface area (TPSA) is 13.1 Å². The van der Waals surface area contributed by atoms with E-state index in [-0.39, 0.29) is 11.3 Å². The van der Waals surface area contributed by atoms with Crippen LogP contribution < -0.4 is 0 Å². The summed E-state index contributed by atoms with van der Waals surface area (Å²) in [6.45, 7) is 4.72. The first-order valence-electron chi connectivity index (χ1n) is 17.5. The van der Waals surface area contributed by atoms with Gasteiger partial charge in [0.05, 0.1) is 0 Å². The van der Waals surface area contributed by atoms with Crippen LogP contribution in [0, 0.1) is 0 Å². The van der Waals surface area contributed by atoms with Crippen LogP contribution in [0.15, 0.2) is 156 Å². The first-order valence-corrected chi connectivity index (χ1v) is 17.5. The summed E-state index contributed by atoms with van der Waals surface area (Å²) in [4.78, 5) is 0. The van der Waals surface area contributed by atoms with Crippen LogP contribution in [0.3, 0.4) is 0 Å². The molecule has 0 bridgehead atoms. The lowest BCUT2D eigenvalue weighted by Gasteiger charge is -2.23. The second-order valence-corrected chi connectivity index (χ2v) is 14.4. The third-order valence-electron chi connectivity index (χ3n) is 11.3. The maximum Gasteiger partial charge on any atom is 0.140 e. The first-order chi connectivity index (χ1) is 24.0. The molecule has 49 heavy (non-hydrogen) atoms. The van der Waals surface area contributed by atoms with Gasteiger partial charge in [0.1, 0.15) is 11.2 Å². The van der Waals surface area contributed by atoms with Gasteiger partial charge in [0.25, 0.3) is 0 Å². The van der Waals surface area contributed by atoms with E-state index in [0.717, 1.165) is 24.0 Å². The van der Waals surface area contributed by atoms with Crippen molar-refractivity contribution in [1.29, 1.82) is 0 Å². The Morgan fingerprint density at radius 1 is 0.531 bits per heavy atom. The van der Waals surface area contributed by atoms with E-state index < -0.39 is 0 Å². The predicted octanol–water partition coefficient (Wildman–Crippen LogP) is 13.0. The van der Waals surface area contributed by atoms with Gasteiger partial charge in [0.15, 0.2) is 0 Å². The summed E-state index contributed by atoms with van der Waals surface area (Å²) >= 11 is 0. The molecule has 0 amide bonds. The third kappa shape index (κ3) is 4.32. The molecule has 10 rings (SSSR count). The average Bonchev–Trinajstić information content (AvgIpc) is 3.57. The van der Waals surface area contributed by atoms with Crippen molar-refractivity contribution in [3.05, 3.63) is 179 Å². The molecule has 1 atom stereocenters. The van der Waals surface area contributed by atoms with Crippen molar-refractivity contribution in [2.24, 2.45) is 0 Å². The van der Waals surface area contributed by atoms with Crippen LogP contribution in [-0.2, 0) is 11.8 Å². The van der Waals surface area contributed by atoms with Crippen LogP contribution in [0.25, 0.3) is 66.4 Å². The molecule has 0 radical (unpaired) electrons. The number of furan rings is 1. The molecule has 1 nitrogen and oxygen atoms in total. The Kier molecular flexibility index (Phi) is 6.18.